The summed E-state index contributed by atoms with van der Waals surface area (Å²) in [5.41, 5.74) is 1.83. The Balaban J connectivity index is 1.71. The van der Waals surface area contributed by atoms with Gasteiger partial charge in [-0.25, -0.2) is 4.98 Å². The minimum atomic E-state index is 0.392. The molecule has 0 saturated carbocycles. The minimum Gasteiger partial charge on any atom is -0.410 e. The average Bonchev–Trinajstić information content (AvgIpc) is 2.96. The van der Waals surface area contributed by atoms with Crippen molar-refractivity contribution >= 4 is 34.4 Å². The third kappa shape index (κ3) is 3.15. The third-order valence-corrected chi connectivity index (χ3v) is 4.42. The fraction of sp³-hybridized carbons (Fsp3) is 0.0769. The lowest BCUT2D eigenvalue weighted by Gasteiger charge is -2.00. The second-order valence-electron chi connectivity index (χ2n) is 3.84. The molecule has 0 saturated heterocycles. The number of hydrogen-bond donors (Lipinski definition) is 0. The number of rotatable bonds is 4. The summed E-state index contributed by atoms with van der Waals surface area (Å²) in [6.07, 6.45) is 4.80. The Morgan fingerprint density at radius 2 is 2.05 bits per heavy atom. The molecule has 0 radical (unpaired) electrons. The molecule has 0 bridgehead atoms. The highest BCUT2D eigenvalue weighted by atomic mass is 127. The molecule has 3 rings (SSSR count). The van der Waals surface area contributed by atoms with Crippen molar-refractivity contribution in [3.8, 4) is 11.6 Å². The third-order valence-electron chi connectivity index (χ3n) is 2.50. The summed E-state index contributed by atoms with van der Waals surface area (Å²) < 4.78 is 6.80. The first-order chi connectivity index (χ1) is 9.83. The molecule has 0 aliphatic rings. The van der Waals surface area contributed by atoms with Crippen molar-refractivity contribution in [3.05, 3.63) is 52.0 Å². The lowest BCUT2D eigenvalue weighted by atomic mass is 10.2. The minimum absolute atomic E-state index is 0.392. The Bertz CT molecular complexity index is 704. The SMILES string of the molecule is Ic1ccccc1CSc1nnc(-c2cnccn2)o1. The first kappa shape index (κ1) is 13.5. The van der Waals surface area contributed by atoms with Crippen molar-refractivity contribution in [1.82, 2.24) is 20.2 Å². The van der Waals surface area contributed by atoms with Crippen molar-refractivity contribution < 1.29 is 4.42 Å². The molecule has 100 valence electrons. The first-order valence-corrected chi connectivity index (χ1v) is 7.85. The monoisotopic (exact) mass is 396 g/mol. The van der Waals surface area contributed by atoms with E-state index < -0.39 is 0 Å². The van der Waals surface area contributed by atoms with Gasteiger partial charge in [-0.15, -0.1) is 10.2 Å². The first-order valence-electron chi connectivity index (χ1n) is 5.79. The van der Waals surface area contributed by atoms with E-state index in [1.165, 1.54) is 20.9 Å². The topological polar surface area (TPSA) is 64.7 Å². The molecule has 0 atom stereocenters. The van der Waals surface area contributed by atoms with E-state index in [0.717, 1.165) is 5.75 Å². The van der Waals surface area contributed by atoms with Crippen LogP contribution in [-0.2, 0) is 5.75 Å². The molecule has 5 nitrogen and oxygen atoms in total. The molecule has 0 fully saturated rings. The number of halogens is 1. The second-order valence-corrected chi connectivity index (χ2v) is 5.93. The van der Waals surface area contributed by atoms with Gasteiger partial charge in [-0.2, -0.15) is 0 Å². The molecule has 0 unspecified atom stereocenters. The Morgan fingerprint density at radius 3 is 2.85 bits per heavy atom. The van der Waals surface area contributed by atoms with Gasteiger partial charge in [-0.3, -0.25) is 4.98 Å². The molecule has 0 aliphatic carbocycles. The number of thioether (sulfide) groups is 1. The Kier molecular flexibility index (Phi) is 4.26. The quantitative estimate of drug-likeness (QED) is 0.498. The van der Waals surface area contributed by atoms with Crippen LogP contribution in [0.25, 0.3) is 11.6 Å². The molecule has 2 heterocycles. The van der Waals surface area contributed by atoms with Gasteiger partial charge in [0.25, 0.3) is 11.1 Å². The predicted octanol–water partition coefficient (Wildman–Crippen LogP) is 3.42. The molecule has 20 heavy (non-hydrogen) atoms. The van der Waals surface area contributed by atoms with E-state index in [0.29, 0.717) is 16.8 Å². The Labute approximate surface area is 133 Å². The van der Waals surface area contributed by atoms with E-state index >= 15 is 0 Å². The van der Waals surface area contributed by atoms with Crippen molar-refractivity contribution in [2.75, 3.05) is 0 Å². The highest BCUT2D eigenvalue weighted by molar-refractivity contribution is 14.1. The Morgan fingerprint density at radius 1 is 1.15 bits per heavy atom. The molecule has 0 aliphatic heterocycles. The maximum atomic E-state index is 5.57. The summed E-state index contributed by atoms with van der Waals surface area (Å²) >= 11 is 3.83. The summed E-state index contributed by atoms with van der Waals surface area (Å²) in [5, 5.41) is 8.53. The normalized spacial score (nSPS) is 10.7. The average molecular weight is 396 g/mol. The summed E-state index contributed by atoms with van der Waals surface area (Å²) in [6, 6.07) is 8.22. The molecule has 1 aromatic carbocycles. The largest absolute Gasteiger partial charge is 0.410 e. The van der Waals surface area contributed by atoms with Gasteiger partial charge in [0.2, 0.25) is 0 Å². The van der Waals surface area contributed by atoms with E-state index in [-0.39, 0.29) is 0 Å². The molecular formula is C13H9IN4OS. The van der Waals surface area contributed by atoms with Crippen LogP contribution in [0.3, 0.4) is 0 Å². The fourth-order valence-corrected chi connectivity index (χ4v) is 3.14. The fourth-order valence-electron chi connectivity index (χ4n) is 1.54. The predicted molar refractivity (Wildman–Crippen MR) is 84.0 cm³/mol. The van der Waals surface area contributed by atoms with Gasteiger partial charge in [-0.1, -0.05) is 30.0 Å². The maximum absolute atomic E-state index is 5.57. The van der Waals surface area contributed by atoms with E-state index in [9.17, 15) is 0 Å². The van der Waals surface area contributed by atoms with Crippen LogP contribution in [-0.4, -0.2) is 20.2 Å². The van der Waals surface area contributed by atoms with Crippen LogP contribution in [0.15, 0.2) is 52.5 Å². The zero-order valence-electron chi connectivity index (χ0n) is 10.2. The van der Waals surface area contributed by atoms with Crippen LogP contribution in [0.1, 0.15) is 5.56 Å². The van der Waals surface area contributed by atoms with Crippen molar-refractivity contribution in [3.63, 3.8) is 0 Å². The van der Waals surface area contributed by atoms with Crippen LogP contribution in [0, 0.1) is 3.57 Å². The van der Waals surface area contributed by atoms with E-state index in [4.69, 9.17) is 4.42 Å². The van der Waals surface area contributed by atoms with Crippen LogP contribution < -0.4 is 0 Å². The van der Waals surface area contributed by atoms with Gasteiger partial charge < -0.3 is 4.42 Å². The van der Waals surface area contributed by atoms with Gasteiger partial charge >= 0.3 is 0 Å². The van der Waals surface area contributed by atoms with Crippen molar-refractivity contribution in [1.29, 1.82) is 0 Å². The van der Waals surface area contributed by atoms with Crippen LogP contribution in [0.5, 0.6) is 0 Å². The lowest BCUT2D eigenvalue weighted by molar-refractivity contribution is 0.464. The molecule has 2 aromatic heterocycles. The zero-order chi connectivity index (χ0) is 13.8. The van der Waals surface area contributed by atoms with Gasteiger partial charge in [0.05, 0.1) is 6.20 Å². The molecule has 0 amide bonds. The Hall–Kier alpha value is -1.48. The number of hydrogen-bond acceptors (Lipinski definition) is 6. The smallest absolute Gasteiger partial charge is 0.277 e. The second kappa shape index (κ2) is 6.31. The molecule has 0 N–H and O–H groups in total. The van der Waals surface area contributed by atoms with Gasteiger partial charge in [0, 0.05) is 21.7 Å². The number of benzene rings is 1. The molecule has 7 heteroatoms. The lowest BCUT2D eigenvalue weighted by Crippen LogP contribution is -1.84. The van der Waals surface area contributed by atoms with Crippen molar-refractivity contribution in [2.24, 2.45) is 0 Å². The van der Waals surface area contributed by atoms with Gasteiger partial charge in [-0.05, 0) is 34.2 Å². The summed E-state index contributed by atoms with van der Waals surface area (Å²) in [4.78, 5) is 8.10. The zero-order valence-corrected chi connectivity index (χ0v) is 13.2. The van der Waals surface area contributed by atoms with Crippen LogP contribution >= 0.6 is 34.4 Å². The molecule has 3 aromatic rings. The molecule has 0 spiro atoms. The summed E-state index contributed by atoms with van der Waals surface area (Å²) in [7, 11) is 0. The van der Waals surface area contributed by atoms with Gasteiger partial charge in [0.1, 0.15) is 5.69 Å². The van der Waals surface area contributed by atoms with Crippen molar-refractivity contribution in [2.45, 2.75) is 11.0 Å². The summed E-state index contributed by atoms with van der Waals surface area (Å²) in [6.45, 7) is 0. The highest BCUT2D eigenvalue weighted by Gasteiger charge is 2.10. The molecular weight excluding hydrogens is 387 g/mol. The van der Waals surface area contributed by atoms with E-state index in [2.05, 4.69) is 54.9 Å². The van der Waals surface area contributed by atoms with Crippen LogP contribution in [0.2, 0.25) is 0 Å². The van der Waals surface area contributed by atoms with Gasteiger partial charge in [0.15, 0.2) is 0 Å². The number of aromatic nitrogens is 4. The standard InChI is InChI=1S/C13H9IN4OS/c14-10-4-2-1-3-9(10)8-20-13-18-17-12(19-13)11-7-15-5-6-16-11/h1-7H,8H2. The maximum Gasteiger partial charge on any atom is 0.277 e. The summed E-state index contributed by atoms with van der Waals surface area (Å²) in [5.74, 6) is 1.18. The number of nitrogens with zero attached hydrogens (tertiary/aromatic N) is 4. The van der Waals surface area contributed by atoms with E-state index in [1.807, 2.05) is 12.1 Å². The van der Waals surface area contributed by atoms with E-state index in [1.54, 1.807) is 18.6 Å². The highest BCUT2D eigenvalue weighted by Crippen LogP contribution is 2.26. The van der Waals surface area contributed by atoms with Crippen LogP contribution in [0.4, 0.5) is 0 Å².